The number of ether oxygens (including phenoxy) is 1. The van der Waals surface area contributed by atoms with Crippen LogP contribution in [0.4, 0.5) is 4.79 Å². The van der Waals surface area contributed by atoms with Gasteiger partial charge in [0.15, 0.2) is 0 Å². The van der Waals surface area contributed by atoms with Crippen molar-refractivity contribution in [3.05, 3.63) is 59.7 Å². The average molecular weight is 467 g/mol. The van der Waals surface area contributed by atoms with Crippen LogP contribution in [0.3, 0.4) is 0 Å². The van der Waals surface area contributed by atoms with E-state index in [1.807, 2.05) is 38.1 Å². The van der Waals surface area contributed by atoms with Gasteiger partial charge in [-0.3, -0.25) is 4.79 Å². The molecule has 0 spiro atoms. The predicted octanol–water partition coefficient (Wildman–Crippen LogP) is 4.56. The highest BCUT2D eigenvalue weighted by atomic mass is 16.5. The highest BCUT2D eigenvalue weighted by Gasteiger charge is 2.29. The predicted molar refractivity (Wildman–Crippen MR) is 130 cm³/mol. The molecule has 34 heavy (non-hydrogen) atoms. The van der Waals surface area contributed by atoms with Crippen LogP contribution >= 0.6 is 0 Å². The summed E-state index contributed by atoms with van der Waals surface area (Å²) in [6.45, 7) is 6.25. The molecule has 0 fully saturated rings. The van der Waals surface area contributed by atoms with Crippen LogP contribution in [0.15, 0.2) is 48.5 Å². The summed E-state index contributed by atoms with van der Waals surface area (Å²) >= 11 is 0. The maximum atomic E-state index is 12.3. The van der Waals surface area contributed by atoms with Crippen molar-refractivity contribution >= 4 is 18.0 Å². The Labute approximate surface area is 200 Å². The van der Waals surface area contributed by atoms with E-state index in [1.54, 1.807) is 6.92 Å². The first-order chi connectivity index (χ1) is 16.3. The third-order valence-electron chi connectivity index (χ3n) is 6.60. The molecule has 1 aliphatic carbocycles. The molecule has 2 aromatic carbocycles. The van der Waals surface area contributed by atoms with Gasteiger partial charge in [-0.05, 0) is 40.5 Å². The zero-order valence-electron chi connectivity index (χ0n) is 20.0. The number of hydrogen-bond acceptors (Lipinski definition) is 4. The number of rotatable bonds is 11. The van der Waals surface area contributed by atoms with Gasteiger partial charge in [0.2, 0.25) is 5.91 Å². The molecule has 3 rings (SSSR count). The van der Waals surface area contributed by atoms with E-state index in [0.717, 1.165) is 11.1 Å². The Balaban J connectivity index is 1.42. The molecule has 1 aliphatic rings. The number of fused-ring (bicyclic) bond motifs is 3. The van der Waals surface area contributed by atoms with Crippen LogP contribution in [-0.4, -0.2) is 42.3 Å². The standard InChI is InChI=1S/C27H34N2O5/c1-4-18(3)25(26(31)32)29-24(30)14-13-17(2)15-28-27(33)34-16-23-21-11-7-5-9-19(21)20-10-6-8-12-22(20)23/h5-12,17-18,23,25H,4,13-16H2,1-3H3,(H,28,33)(H,29,30)(H,31,32)/t17?,18-,25-/m0/s1. The van der Waals surface area contributed by atoms with Gasteiger partial charge >= 0.3 is 12.1 Å². The summed E-state index contributed by atoms with van der Waals surface area (Å²) in [6, 6.07) is 15.5. The van der Waals surface area contributed by atoms with Gasteiger partial charge in [-0.25, -0.2) is 9.59 Å². The first kappa shape index (κ1) is 25.3. The molecule has 0 saturated heterocycles. The molecule has 7 heteroatoms. The molecule has 7 nitrogen and oxygen atoms in total. The monoisotopic (exact) mass is 466 g/mol. The lowest BCUT2D eigenvalue weighted by atomic mass is 9.98. The highest BCUT2D eigenvalue weighted by molar-refractivity contribution is 5.83. The number of carbonyl (C=O) groups excluding carboxylic acids is 2. The maximum Gasteiger partial charge on any atom is 0.407 e. The molecule has 182 valence electrons. The summed E-state index contributed by atoms with van der Waals surface area (Å²) < 4.78 is 5.54. The minimum atomic E-state index is -1.02. The Kier molecular flexibility index (Phi) is 8.68. The van der Waals surface area contributed by atoms with Crippen molar-refractivity contribution in [3.63, 3.8) is 0 Å². The number of aliphatic carboxylic acids is 1. The van der Waals surface area contributed by atoms with Crippen LogP contribution in [0.1, 0.15) is 57.1 Å². The summed E-state index contributed by atoms with van der Waals surface area (Å²) in [4.78, 5) is 35.9. The molecule has 0 saturated carbocycles. The van der Waals surface area contributed by atoms with Crippen LogP contribution in [0.25, 0.3) is 11.1 Å². The lowest BCUT2D eigenvalue weighted by molar-refractivity contribution is -0.143. The molecule has 0 aromatic heterocycles. The van der Waals surface area contributed by atoms with Crippen molar-refractivity contribution in [1.82, 2.24) is 10.6 Å². The van der Waals surface area contributed by atoms with E-state index in [-0.39, 0.29) is 36.7 Å². The summed E-state index contributed by atoms with van der Waals surface area (Å²) in [5.41, 5.74) is 4.68. The average Bonchev–Trinajstić information content (AvgIpc) is 3.16. The Morgan fingerprint density at radius 1 is 1.00 bits per heavy atom. The third-order valence-corrected chi connectivity index (χ3v) is 6.60. The van der Waals surface area contributed by atoms with E-state index in [1.165, 1.54) is 11.1 Å². The molecule has 3 N–H and O–H groups in total. The van der Waals surface area contributed by atoms with Gasteiger partial charge in [-0.15, -0.1) is 0 Å². The smallest absolute Gasteiger partial charge is 0.407 e. The molecule has 2 amide bonds. The Morgan fingerprint density at radius 2 is 1.59 bits per heavy atom. The van der Waals surface area contributed by atoms with Gasteiger partial charge in [0.05, 0.1) is 0 Å². The molecule has 0 heterocycles. The fourth-order valence-corrected chi connectivity index (χ4v) is 4.32. The van der Waals surface area contributed by atoms with Crippen molar-refractivity contribution in [2.45, 2.75) is 52.0 Å². The number of carboxylic acid groups (broad SMARTS) is 1. The Hall–Kier alpha value is -3.35. The number of carbonyl (C=O) groups is 3. The van der Waals surface area contributed by atoms with Crippen LogP contribution in [0, 0.1) is 11.8 Å². The molecule has 2 aromatic rings. The van der Waals surface area contributed by atoms with E-state index < -0.39 is 18.1 Å². The first-order valence-electron chi connectivity index (χ1n) is 11.9. The zero-order valence-corrected chi connectivity index (χ0v) is 20.0. The van der Waals surface area contributed by atoms with Crippen LogP contribution < -0.4 is 10.6 Å². The summed E-state index contributed by atoms with van der Waals surface area (Å²) in [5, 5.41) is 14.7. The van der Waals surface area contributed by atoms with Gasteiger partial charge in [-0.1, -0.05) is 75.7 Å². The van der Waals surface area contributed by atoms with Crippen molar-refractivity contribution in [1.29, 1.82) is 0 Å². The molecular formula is C27H34N2O5. The SMILES string of the molecule is CC[C@H](C)[C@H](NC(=O)CCC(C)CNC(=O)OCC1c2ccccc2-c2ccccc21)C(=O)O. The van der Waals surface area contributed by atoms with E-state index in [0.29, 0.717) is 19.4 Å². The lowest BCUT2D eigenvalue weighted by Crippen LogP contribution is -2.45. The summed E-state index contributed by atoms with van der Waals surface area (Å²) in [7, 11) is 0. The minimum Gasteiger partial charge on any atom is -0.480 e. The number of amides is 2. The molecule has 0 radical (unpaired) electrons. The van der Waals surface area contributed by atoms with Gasteiger partial charge in [-0.2, -0.15) is 0 Å². The van der Waals surface area contributed by atoms with E-state index in [2.05, 4.69) is 34.9 Å². The molecule has 0 bridgehead atoms. The van der Waals surface area contributed by atoms with Gasteiger partial charge in [0.1, 0.15) is 12.6 Å². The number of hydrogen-bond donors (Lipinski definition) is 3. The van der Waals surface area contributed by atoms with E-state index in [9.17, 15) is 19.5 Å². The molecular weight excluding hydrogens is 432 g/mol. The first-order valence-corrected chi connectivity index (χ1v) is 11.9. The summed E-state index contributed by atoms with van der Waals surface area (Å²) in [5.74, 6) is -1.41. The molecule has 1 unspecified atom stereocenters. The zero-order chi connectivity index (χ0) is 24.7. The third kappa shape index (κ3) is 6.16. The number of nitrogens with one attached hydrogen (secondary N) is 2. The fourth-order valence-electron chi connectivity index (χ4n) is 4.32. The second-order valence-corrected chi connectivity index (χ2v) is 9.12. The van der Waals surface area contributed by atoms with Gasteiger partial charge in [0, 0.05) is 18.9 Å². The maximum absolute atomic E-state index is 12.3. The second-order valence-electron chi connectivity index (χ2n) is 9.12. The van der Waals surface area contributed by atoms with E-state index >= 15 is 0 Å². The quantitative estimate of drug-likeness (QED) is 0.450. The topological polar surface area (TPSA) is 105 Å². The van der Waals surface area contributed by atoms with Crippen LogP contribution in [0.5, 0.6) is 0 Å². The van der Waals surface area contributed by atoms with Crippen molar-refractivity contribution in [2.75, 3.05) is 13.2 Å². The normalized spacial score (nSPS) is 14.9. The van der Waals surface area contributed by atoms with Gasteiger partial charge < -0.3 is 20.5 Å². The van der Waals surface area contributed by atoms with Crippen molar-refractivity contribution in [2.24, 2.45) is 11.8 Å². The number of benzene rings is 2. The number of alkyl carbamates (subject to hydrolysis) is 1. The van der Waals surface area contributed by atoms with Gasteiger partial charge in [0.25, 0.3) is 0 Å². The Morgan fingerprint density at radius 3 is 2.15 bits per heavy atom. The fraction of sp³-hybridized carbons (Fsp3) is 0.444. The van der Waals surface area contributed by atoms with E-state index in [4.69, 9.17) is 4.74 Å². The number of carboxylic acids is 1. The van der Waals surface area contributed by atoms with Crippen molar-refractivity contribution < 1.29 is 24.2 Å². The second kappa shape index (κ2) is 11.7. The largest absolute Gasteiger partial charge is 0.480 e. The van der Waals surface area contributed by atoms with Crippen molar-refractivity contribution in [3.8, 4) is 11.1 Å². The van der Waals surface area contributed by atoms with Crippen LogP contribution in [-0.2, 0) is 14.3 Å². The summed E-state index contributed by atoms with van der Waals surface area (Å²) in [6.07, 6.45) is 0.911. The van der Waals surface area contributed by atoms with Crippen LogP contribution in [0.2, 0.25) is 0 Å². The molecule has 3 atom stereocenters. The minimum absolute atomic E-state index is 0.00645. The Bertz CT molecular complexity index is 976. The highest BCUT2D eigenvalue weighted by Crippen LogP contribution is 2.44. The molecule has 0 aliphatic heterocycles. The lowest BCUT2D eigenvalue weighted by Gasteiger charge is -2.20.